The molecule has 1 atom stereocenters. The molecule has 0 aliphatic heterocycles. The van der Waals surface area contributed by atoms with E-state index in [1.54, 1.807) is 0 Å². The molecule has 1 aromatic carbocycles. The summed E-state index contributed by atoms with van der Waals surface area (Å²) in [6.45, 7) is 2.08. The van der Waals surface area contributed by atoms with Crippen molar-refractivity contribution in [2.24, 2.45) is 12.9 Å². The Morgan fingerprint density at radius 2 is 2.24 bits per heavy atom. The van der Waals surface area contributed by atoms with Gasteiger partial charge in [0.1, 0.15) is 11.3 Å². The van der Waals surface area contributed by atoms with Crippen LogP contribution in [-0.2, 0) is 13.5 Å². The minimum atomic E-state index is -0.00193. The second kappa shape index (κ2) is 5.71. The molecule has 5 heteroatoms. The number of fused-ring (bicyclic) bond motifs is 1. The van der Waals surface area contributed by atoms with Gasteiger partial charge < -0.3 is 4.42 Å². The molecule has 110 valence electrons. The lowest BCUT2D eigenvalue weighted by molar-refractivity contribution is 0.417. The minimum absolute atomic E-state index is 0.00193. The highest BCUT2D eigenvalue weighted by atomic mass is 16.3. The number of nitrogens with two attached hydrogens (primary N) is 1. The zero-order chi connectivity index (χ0) is 14.8. The van der Waals surface area contributed by atoms with Gasteiger partial charge in [-0.15, -0.1) is 0 Å². The molecule has 0 bridgehead atoms. The van der Waals surface area contributed by atoms with E-state index >= 15 is 0 Å². The summed E-state index contributed by atoms with van der Waals surface area (Å²) in [5.74, 6) is 6.57. The number of nitrogens with one attached hydrogen (secondary N) is 1. The second-order valence-corrected chi connectivity index (χ2v) is 5.47. The highest BCUT2D eigenvalue weighted by Gasteiger charge is 2.15. The SMILES string of the molecule is Cc1ccc2oc(C(CCc3cnn(C)c3)NN)cc2c1. The largest absolute Gasteiger partial charge is 0.459 e. The molecule has 0 fully saturated rings. The van der Waals surface area contributed by atoms with Crippen LogP contribution >= 0.6 is 0 Å². The minimum Gasteiger partial charge on any atom is -0.459 e. The standard InChI is InChI=1S/C16H20N4O/c1-11-3-6-15-13(7-11)8-16(21-15)14(19-17)5-4-12-9-18-20(2)10-12/h3,6-10,14,19H,4-5,17H2,1-2H3. The number of hydrazine groups is 1. The zero-order valence-electron chi connectivity index (χ0n) is 12.3. The van der Waals surface area contributed by atoms with E-state index in [1.807, 2.05) is 30.2 Å². The third-order valence-electron chi connectivity index (χ3n) is 3.72. The Balaban J connectivity index is 1.77. The lowest BCUT2D eigenvalue weighted by atomic mass is 10.1. The molecule has 0 saturated carbocycles. The van der Waals surface area contributed by atoms with Crippen LogP contribution in [0.1, 0.15) is 29.3 Å². The van der Waals surface area contributed by atoms with Crippen molar-refractivity contribution in [3.8, 4) is 0 Å². The highest BCUT2D eigenvalue weighted by molar-refractivity contribution is 5.78. The van der Waals surface area contributed by atoms with Gasteiger partial charge in [-0.05, 0) is 43.5 Å². The lowest BCUT2D eigenvalue weighted by Gasteiger charge is -2.12. The van der Waals surface area contributed by atoms with Gasteiger partial charge in [0, 0.05) is 18.6 Å². The smallest absolute Gasteiger partial charge is 0.134 e. The van der Waals surface area contributed by atoms with Gasteiger partial charge in [-0.2, -0.15) is 5.10 Å². The van der Waals surface area contributed by atoms with Crippen molar-refractivity contribution < 1.29 is 4.42 Å². The summed E-state index contributed by atoms with van der Waals surface area (Å²) in [5, 5.41) is 5.30. The van der Waals surface area contributed by atoms with Gasteiger partial charge >= 0.3 is 0 Å². The van der Waals surface area contributed by atoms with Crippen molar-refractivity contribution in [2.75, 3.05) is 0 Å². The first-order chi connectivity index (χ1) is 10.2. The second-order valence-electron chi connectivity index (χ2n) is 5.47. The topological polar surface area (TPSA) is 69.0 Å². The average Bonchev–Trinajstić information content (AvgIpc) is 3.05. The molecule has 21 heavy (non-hydrogen) atoms. The fourth-order valence-electron chi connectivity index (χ4n) is 2.57. The van der Waals surface area contributed by atoms with Crippen molar-refractivity contribution in [3.05, 3.63) is 53.5 Å². The molecule has 3 aromatic rings. The molecule has 0 radical (unpaired) electrons. The lowest BCUT2D eigenvalue weighted by Crippen LogP contribution is -2.28. The number of aromatic nitrogens is 2. The Morgan fingerprint density at radius 1 is 1.38 bits per heavy atom. The molecular formula is C16H20N4O. The number of benzene rings is 1. The number of nitrogens with zero attached hydrogens (tertiary/aromatic N) is 2. The summed E-state index contributed by atoms with van der Waals surface area (Å²) in [5.41, 5.74) is 6.17. The van der Waals surface area contributed by atoms with E-state index in [9.17, 15) is 0 Å². The molecule has 0 spiro atoms. The predicted molar refractivity (Wildman–Crippen MR) is 82.5 cm³/mol. The fraction of sp³-hybridized carbons (Fsp3) is 0.312. The van der Waals surface area contributed by atoms with Gasteiger partial charge in [0.15, 0.2) is 0 Å². The molecular weight excluding hydrogens is 264 g/mol. The molecule has 0 amide bonds. The summed E-state index contributed by atoms with van der Waals surface area (Å²) in [4.78, 5) is 0. The highest BCUT2D eigenvalue weighted by Crippen LogP contribution is 2.27. The maximum atomic E-state index is 5.91. The number of hydrogen-bond acceptors (Lipinski definition) is 4. The monoisotopic (exact) mass is 284 g/mol. The first kappa shape index (κ1) is 13.9. The van der Waals surface area contributed by atoms with E-state index in [1.165, 1.54) is 11.1 Å². The number of furan rings is 1. The van der Waals surface area contributed by atoms with Crippen LogP contribution in [0.4, 0.5) is 0 Å². The van der Waals surface area contributed by atoms with Crippen LogP contribution in [0.15, 0.2) is 41.1 Å². The first-order valence-corrected chi connectivity index (χ1v) is 7.09. The van der Waals surface area contributed by atoms with Crippen molar-refractivity contribution in [1.82, 2.24) is 15.2 Å². The van der Waals surface area contributed by atoms with Crippen molar-refractivity contribution in [2.45, 2.75) is 25.8 Å². The molecule has 2 aromatic heterocycles. The maximum Gasteiger partial charge on any atom is 0.134 e. The Kier molecular flexibility index (Phi) is 3.77. The molecule has 2 heterocycles. The summed E-state index contributed by atoms with van der Waals surface area (Å²) in [6.07, 6.45) is 5.67. The normalized spacial score (nSPS) is 12.9. The summed E-state index contributed by atoms with van der Waals surface area (Å²) < 4.78 is 7.72. The van der Waals surface area contributed by atoms with Crippen LogP contribution in [0, 0.1) is 6.92 Å². The van der Waals surface area contributed by atoms with E-state index in [0.29, 0.717) is 0 Å². The van der Waals surface area contributed by atoms with Gasteiger partial charge in [-0.25, -0.2) is 5.43 Å². The molecule has 0 saturated heterocycles. The number of aryl methyl sites for hydroxylation is 3. The van der Waals surface area contributed by atoms with Crippen LogP contribution in [0.25, 0.3) is 11.0 Å². The van der Waals surface area contributed by atoms with Crippen molar-refractivity contribution in [3.63, 3.8) is 0 Å². The third-order valence-corrected chi connectivity index (χ3v) is 3.72. The quantitative estimate of drug-likeness (QED) is 0.558. The number of rotatable bonds is 5. The van der Waals surface area contributed by atoms with E-state index in [-0.39, 0.29) is 6.04 Å². The zero-order valence-corrected chi connectivity index (χ0v) is 12.3. The van der Waals surface area contributed by atoms with Crippen LogP contribution in [0.5, 0.6) is 0 Å². The summed E-state index contributed by atoms with van der Waals surface area (Å²) in [7, 11) is 1.92. The molecule has 5 nitrogen and oxygen atoms in total. The third kappa shape index (κ3) is 2.99. The average molecular weight is 284 g/mol. The van der Waals surface area contributed by atoms with Crippen LogP contribution < -0.4 is 11.3 Å². The fourth-order valence-corrected chi connectivity index (χ4v) is 2.57. The van der Waals surface area contributed by atoms with Crippen LogP contribution in [0.2, 0.25) is 0 Å². The molecule has 3 N–H and O–H groups in total. The maximum absolute atomic E-state index is 5.91. The van der Waals surface area contributed by atoms with Crippen LogP contribution in [0.3, 0.4) is 0 Å². The molecule has 3 rings (SSSR count). The number of hydrogen-bond donors (Lipinski definition) is 2. The van der Waals surface area contributed by atoms with Crippen molar-refractivity contribution >= 4 is 11.0 Å². The van der Waals surface area contributed by atoms with Crippen LogP contribution in [-0.4, -0.2) is 9.78 Å². The summed E-state index contributed by atoms with van der Waals surface area (Å²) >= 11 is 0. The van der Waals surface area contributed by atoms with Crippen molar-refractivity contribution in [1.29, 1.82) is 0 Å². The predicted octanol–water partition coefficient (Wildman–Crippen LogP) is 2.61. The first-order valence-electron chi connectivity index (χ1n) is 7.09. The van der Waals surface area contributed by atoms with Gasteiger partial charge in [-0.3, -0.25) is 10.5 Å². The van der Waals surface area contributed by atoms with Gasteiger partial charge in [0.05, 0.1) is 12.2 Å². The Morgan fingerprint density at radius 3 is 2.95 bits per heavy atom. The van der Waals surface area contributed by atoms with E-state index in [4.69, 9.17) is 10.3 Å². The molecule has 0 aliphatic rings. The summed E-state index contributed by atoms with van der Waals surface area (Å²) in [6, 6.07) is 8.24. The van der Waals surface area contributed by atoms with Gasteiger partial charge in [0.2, 0.25) is 0 Å². The van der Waals surface area contributed by atoms with E-state index in [0.717, 1.165) is 29.6 Å². The molecule has 1 unspecified atom stereocenters. The van der Waals surface area contributed by atoms with E-state index in [2.05, 4.69) is 35.6 Å². The Bertz CT molecular complexity index is 744. The molecule has 0 aliphatic carbocycles. The van der Waals surface area contributed by atoms with Gasteiger partial charge in [0.25, 0.3) is 0 Å². The Labute approximate surface area is 123 Å². The van der Waals surface area contributed by atoms with E-state index < -0.39 is 0 Å². The van der Waals surface area contributed by atoms with Gasteiger partial charge in [-0.1, -0.05) is 11.6 Å². The Hall–Kier alpha value is -2.11.